The number of hydrogen-bond acceptors (Lipinski definition) is 5. The molecule has 3 rings (SSSR count). The van der Waals surface area contributed by atoms with Crippen molar-refractivity contribution in [2.24, 2.45) is 5.92 Å². The lowest BCUT2D eigenvalue weighted by Crippen LogP contribution is -2.43. The van der Waals surface area contributed by atoms with Crippen LogP contribution in [-0.4, -0.2) is 44.8 Å². The van der Waals surface area contributed by atoms with Crippen LogP contribution in [0.15, 0.2) is 23.8 Å². The Morgan fingerprint density at radius 3 is 2.63 bits per heavy atom. The first-order valence-electron chi connectivity index (χ1n) is 9.97. The summed E-state index contributed by atoms with van der Waals surface area (Å²) in [5.41, 5.74) is 3.83. The van der Waals surface area contributed by atoms with Crippen LogP contribution in [0.5, 0.6) is 11.5 Å². The van der Waals surface area contributed by atoms with E-state index in [0.29, 0.717) is 12.5 Å². The van der Waals surface area contributed by atoms with E-state index in [1.165, 1.54) is 16.7 Å². The second-order valence-electron chi connectivity index (χ2n) is 7.33. The molecule has 1 aromatic carbocycles. The molecule has 1 saturated heterocycles. The van der Waals surface area contributed by atoms with E-state index in [1.54, 1.807) is 20.3 Å². The highest BCUT2D eigenvalue weighted by atomic mass is 16.5. The van der Waals surface area contributed by atoms with Crippen molar-refractivity contribution in [2.45, 2.75) is 45.6 Å². The summed E-state index contributed by atoms with van der Waals surface area (Å²) in [6.07, 6.45) is 5.85. The van der Waals surface area contributed by atoms with Gasteiger partial charge in [-0.3, -0.25) is 4.90 Å². The largest absolute Gasteiger partial charge is 0.493 e. The van der Waals surface area contributed by atoms with E-state index in [9.17, 15) is 4.79 Å². The number of piperidine rings is 1. The van der Waals surface area contributed by atoms with Crippen LogP contribution >= 0.6 is 0 Å². The number of rotatable bonds is 6. The normalized spacial score (nSPS) is 23.5. The molecule has 0 bridgehead atoms. The first-order valence-corrected chi connectivity index (χ1v) is 9.97. The summed E-state index contributed by atoms with van der Waals surface area (Å²) in [5.74, 6) is 1.76. The molecule has 0 spiro atoms. The van der Waals surface area contributed by atoms with Crippen molar-refractivity contribution in [2.75, 3.05) is 33.9 Å². The van der Waals surface area contributed by atoms with Crippen LogP contribution in [0.3, 0.4) is 0 Å². The lowest BCUT2D eigenvalue weighted by molar-refractivity contribution is -0.137. The molecule has 1 aromatic rings. The van der Waals surface area contributed by atoms with E-state index in [4.69, 9.17) is 14.2 Å². The van der Waals surface area contributed by atoms with Crippen LogP contribution in [0.25, 0.3) is 0 Å². The van der Waals surface area contributed by atoms with Gasteiger partial charge in [-0.15, -0.1) is 0 Å². The van der Waals surface area contributed by atoms with Gasteiger partial charge in [0.1, 0.15) is 0 Å². The van der Waals surface area contributed by atoms with Gasteiger partial charge >= 0.3 is 5.97 Å². The average Bonchev–Trinajstić information content (AvgIpc) is 2.67. The van der Waals surface area contributed by atoms with Crippen molar-refractivity contribution in [3.05, 3.63) is 34.9 Å². The molecule has 0 unspecified atom stereocenters. The van der Waals surface area contributed by atoms with E-state index in [1.807, 2.05) is 6.92 Å². The third-order valence-electron chi connectivity index (χ3n) is 5.75. The molecule has 0 amide bonds. The fraction of sp³-hybridized carbons (Fsp3) is 0.591. The van der Waals surface area contributed by atoms with Gasteiger partial charge in [0.15, 0.2) is 11.5 Å². The lowest BCUT2D eigenvalue weighted by Gasteiger charge is -2.45. The molecule has 2 aliphatic rings. The molecule has 1 fully saturated rings. The molecule has 148 valence electrons. The number of methoxy groups -OCH3 is 2. The van der Waals surface area contributed by atoms with E-state index >= 15 is 0 Å². The summed E-state index contributed by atoms with van der Waals surface area (Å²) in [6.45, 7) is 6.50. The van der Waals surface area contributed by atoms with Crippen molar-refractivity contribution in [1.29, 1.82) is 0 Å². The number of hydrogen-bond donors (Lipinski definition) is 0. The fourth-order valence-corrected chi connectivity index (χ4v) is 4.47. The Kier molecular flexibility index (Phi) is 6.42. The van der Waals surface area contributed by atoms with Gasteiger partial charge < -0.3 is 14.2 Å². The van der Waals surface area contributed by atoms with Gasteiger partial charge in [-0.25, -0.2) is 4.79 Å². The molecule has 0 aromatic heterocycles. The van der Waals surface area contributed by atoms with Crippen LogP contribution < -0.4 is 9.47 Å². The molecular weight excluding hydrogens is 342 g/mol. The number of carbonyl (C=O) groups excluding carboxylic acids is 1. The summed E-state index contributed by atoms with van der Waals surface area (Å²) in [6, 6.07) is 4.51. The molecule has 2 atom stereocenters. The third kappa shape index (κ3) is 4.13. The highest BCUT2D eigenvalue weighted by Gasteiger charge is 2.36. The Bertz CT molecular complexity index is 713. The summed E-state index contributed by atoms with van der Waals surface area (Å²) in [5, 5.41) is 0. The Hall–Kier alpha value is -2.01. The van der Waals surface area contributed by atoms with E-state index in [0.717, 1.165) is 50.3 Å². The zero-order valence-electron chi connectivity index (χ0n) is 16.9. The van der Waals surface area contributed by atoms with Crippen molar-refractivity contribution in [3.8, 4) is 11.5 Å². The van der Waals surface area contributed by atoms with Crippen molar-refractivity contribution >= 4 is 5.97 Å². The molecule has 5 heteroatoms. The molecule has 0 radical (unpaired) electrons. The number of ether oxygens (including phenoxy) is 3. The number of fused-ring (bicyclic) bond motifs is 3. The maximum atomic E-state index is 12.1. The van der Waals surface area contributed by atoms with Crippen molar-refractivity contribution in [3.63, 3.8) is 0 Å². The third-order valence-corrected chi connectivity index (χ3v) is 5.75. The summed E-state index contributed by atoms with van der Waals surface area (Å²) >= 11 is 0. The quantitative estimate of drug-likeness (QED) is 0.559. The highest BCUT2D eigenvalue weighted by Crippen LogP contribution is 2.45. The summed E-state index contributed by atoms with van der Waals surface area (Å²) in [4.78, 5) is 14.7. The molecular formula is C22H31NO4. The number of esters is 1. The first kappa shape index (κ1) is 19.7. The van der Waals surface area contributed by atoms with Crippen LogP contribution in [0.2, 0.25) is 0 Å². The van der Waals surface area contributed by atoms with Crippen LogP contribution in [-0.2, 0) is 16.0 Å². The molecule has 0 saturated carbocycles. The molecule has 2 heterocycles. The maximum Gasteiger partial charge on any atom is 0.330 e. The standard InChI is InChI=1S/C22H31NO4/c1-5-7-16-14-23-9-8-15-11-20(25-3)21(26-4)13-18(15)19(23)10-17(16)12-22(24)27-6-2/h11-13,16,19H,5-10,14H2,1-4H3/b17-12+/t16-,19+/m1/s1. The predicted octanol–water partition coefficient (Wildman–Crippen LogP) is 3.91. The van der Waals surface area contributed by atoms with Crippen molar-refractivity contribution < 1.29 is 19.0 Å². The van der Waals surface area contributed by atoms with Gasteiger partial charge in [-0.2, -0.15) is 0 Å². The van der Waals surface area contributed by atoms with Crippen LogP contribution in [0, 0.1) is 5.92 Å². The predicted molar refractivity (Wildman–Crippen MR) is 105 cm³/mol. The maximum absolute atomic E-state index is 12.1. The Balaban J connectivity index is 1.94. The van der Waals surface area contributed by atoms with Crippen LogP contribution in [0.4, 0.5) is 0 Å². The molecule has 5 nitrogen and oxygen atoms in total. The van der Waals surface area contributed by atoms with Gasteiger partial charge in [-0.05, 0) is 55.4 Å². The second-order valence-corrected chi connectivity index (χ2v) is 7.33. The number of carbonyl (C=O) groups is 1. The molecule has 2 aliphatic heterocycles. The minimum atomic E-state index is -0.217. The Labute approximate surface area is 162 Å². The molecule has 0 aliphatic carbocycles. The summed E-state index contributed by atoms with van der Waals surface area (Å²) in [7, 11) is 3.35. The monoisotopic (exact) mass is 373 g/mol. The van der Waals surface area contributed by atoms with Gasteiger partial charge in [-0.1, -0.05) is 18.9 Å². The van der Waals surface area contributed by atoms with Gasteiger partial charge in [0, 0.05) is 25.2 Å². The van der Waals surface area contributed by atoms with Crippen LogP contribution in [0.1, 0.15) is 50.3 Å². The minimum absolute atomic E-state index is 0.217. The fourth-order valence-electron chi connectivity index (χ4n) is 4.47. The van der Waals surface area contributed by atoms with E-state index in [-0.39, 0.29) is 12.0 Å². The second kappa shape index (κ2) is 8.79. The van der Waals surface area contributed by atoms with Gasteiger partial charge in [0.2, 0.25) is 0 Å². The van der Waals surface area contributed by atoms with Gasteiger partial charge in [0.25, 0.3) is 0 Å². The van der Waals surface area contributed by atoms with Crippen molar-refractivity contribution in [1.82, 2.24) is 4.90 Å². The minimum Gasteiger partial charge on any atom is -0.493 e. The zero-order valence-corrected chi connectivity index (χ0v) is 16.9. The Morgan fingerprint density at radius 1 is 1.22 bits per heavy atom. The van der Waals surface area contributed by atoms with E-state index < -0.39 is 0 Å². The number of benzene rings is 1. The summed E-state index contributed by atoms with van der Waals surface area (Å²) < 4.78 is 16.2. The topological polar surface area (TPSA) is 48.0 Å². The molecule has 0 N–H and O–H groups in total. The smallest absolute Gasteiger partial charge is 0.330 e. The average molecular weight is 373 g/mol. The first-order chi connectivity index (χ1) is 13.1. The van der Waals surface area contributed by atoms with E-state index in [2.05, 4.69) is 24.0 Å². The zero-order chi connectivity index (χ0) is 19.4. The Morgan fingerprint density at radius 2 is 1.96 bits per heavy atom. The van der Waals surface area contributed by atoms with Gasteiger partial charge in [0.05, 0.1) is 20.8 Å². The SMILES string of the molecule is CCC[C@@H]1CN2CCc3cc(OC)c(OC)cc3[C@@H]2C/C1=C\C(=O)OCC. The molecule has 27 heavy (non-hydrogen) atoms. The lowest BCUT2D eigenvalue weighted by atomic mass is 9.78. The highest BCUT2D eigenvalue weighted by molar-refractivity contribution is 5.83. The number of nitrogens with zero attached hydrogens (tertiary/aromatic N) is 1.